The van der Waals surface area contributed by atoms with E-state index in [1.54, 1.807) is 6.07 Å². The molecule has 0 saturated heterocycles. The maximum Gasteiger partial charge on any atom is 0.330 e. The Morgan fingerprint density at radius 1 is 1.23 bits per heavy atom. The van der Waals surface area contributed by atoms with Gasteiger partial charge in [0.2, 0.25) is 0 Å². The Labute approximate surface area is 132 Å². The highest BCUT2D eigenvalue weighted by molar-refractivity contribution is 5.81. The van der Waals surface area contributed by atoms with E-state index < -0.39 is 5.97 Å². The summed E-state index contributed by atoms with van der Waals surface area (Å²) in [6.45, 7) is 5.82. The summed E-state index contributed by atoms with van der Waals surface area (Å²) >= 11 is 0. The summed E-state index contributed by atoms with van der Waals surface area (Å²) in [6.07, 6.45) is 7.84. The molecular formula is C18H26O4. The highest BCUT2D eigenvalue weighted by Crippen LogP contribution is 2.31. The zero-order valence-corrected chi connectivity index (χ0v) is 13.3. The molecule has 22 heavy (non-hydrogen) atoms. The van der Waals surface area contributed by atoms with Crippen LogP contribution < -0.4 is 0 Å². The van der Waals surface area contributed by atoms with Gasteiger partial charge in [-0.3, -0.25) is 0 Å². The molecule has 0 aromatic heterocycles. The molecule has 1 atom stereocenters. The Morgan fingerprint density at radius 3 is 2.59 bits per heavy atom. The third-order valence-electron chi connectivity index (χ3n) is 3.72. The first kappa shape index (κ1) is 18.1. The van der Waals surface area contributed by atoms with Crippen LogP contribution in [0.4, 0.5) is 0 Å². The van der Waals surface area contributed by atoms with Crippen LogP contribution >= 0.6 is 0 Å². The lowest BCUT2D eigenvalue weighted by Gasteiger charge is -2.17. The lowest BCUT2D eigenvalue weighted by atomic mass is 9.93. The van der Waals surface area contributed by atoms with Crippen LogP contribution in [0.1, 0.15) is 56.9 Å². The number of rotatable bonds is 10. The van der Waals surface area contributed by atoms with E-state index in [0.29, 0.717) is 0 Å². The van der Waals surface area contributed by atoms with E-state index in [0.717, 1.165) is 30.9 Å². The SMILES string of the molecule is C=CC(=O)OCC(CCCCCCC)c1ccc(O)c(O)c1. The first-order valence-electron chi connectivity index (χ1n) is 7.89. The van der Waals surface area contributed by atoms with Crippen molar-refractivity contribution < 1.29 is 19.7 Å². The Kier molecular flexibility index (Phi) is 8.11. The van der Waals surface area contributed by atoms with Crippen LogP contribution in [0, 0.1) is 0 Å². The minimum absolute atomic E-state index is 0.0111. The number of hydrogen-bond acceptors (Lipinski definition) is 4. The first-order valence-corrected chi connectivity index (χ1v) is 7.89. The van der Waals surface area contributed by atoms with E-state index in [1.807, 2.05) is 0 Å². The average molecular weight is 306 g/mol. The van der Waals surface area contributed by atoms with E-state index in [1.165, 1.54) is 31.4 Å². The quantitative estimate of drug-likeness (QED) is 0.293. The lowest BCUT2D eigenvalue weighted by Crippen LogP contribution is -2.11. The molecule has 1 aromatic carbocycles. The summed E-state index contributed by atoms with van der Waals surface area (Å²) in [5, 5.41) is 19.0. The molecule has 4 nitrogen and oxygen atoms in total. The molecule has 0 radical (unpaired) electrons. The Balaban J connectivity index is 2.65. The van der Waals surface area contributed by atoms with Gasteiger partial charge in [-0.1, -0.05) is 51.7 Å². The van der Waals surface area contributed by atoms with Crippen LogP contribution in [-0.4, -0.2) is 22.8 Å². The van der Waals surface area contributed by atoms with Crippen molar-refractivity contribution >= 4 is 5.97 Å². The van der Waals surface area contributed by atoms with Gasteiger partial charge in [0.25, 0.3) is 0 Å². The number of hydrogen-bond donors (Lipinski definition) is 2. The maximum absolute atomic E-state index is 11.3. The van der Waals surface area contributed by atoms with E-state index in [4.69, 9.17) is 4.74 Å². The number of unbranched alkanes of at least 4 members (excludes halogenated alkanes) is 4. The summed E-state index contributed by atoms with van der Waals surface area (Å²) in [4.78, 5) is 11.3. The monoisotopic (exact) mass is 306 g/mol. The van der Waals surface area contributed by atoms with Crippen LogP contribution in [0.2, 0.25) is 0 Å². The summed E-state index contributed by atoms with van der Waals surface area (Å²) < 4.78 is 5.15. The normalized spacial score (nSPS) is 11.9. The molecule has 0 saturated carbocycles. The summed E-state index contributed by atoms with van der Waals surface area (Å²) in [5.41, 5.74) is 0.864. The molecule has 2 N–H and O–H groups in total. The predicted octanol–water partition coefficient (Wildman–Crippen LogP) is 4.27. The van der Waals surface area contributed by atoms with Crippen molar-refractivity contribution in [1.29, 1.82) is 0 Å². The standard InChI is InChI=1S/C18H26O4/c1-3-5-6-7-8-9-15(13-22-18(21)4-2)14-10-11-16(19)17(20)12-14/h4,10-12,15,19-20H,2-3,5-9,13H2,1H3. The summed E-state index contributed by atoms with van der Waals surface area (Å²) in [6, 6.07) is 4.76. The van der Waals surface area contributed by atoms with Crippen molar-refractivity contribution in [1.82, 2.24) is 0 Å². The van der Waals surface area contributed by atoms with Crippen molar-refractivity contribution in [2.24, 2.45) is 0 Å². The number of aromatic hydroxyl groups is 2. The van der Waals surface area contributed by atoms with Gasteiger partial charge in [-0.25, -0.2) is 4.79 Å². The number of esters is 1. The van der Waals surface area contributed by atoms with Crippen molar-refractivity contribution in [3.05, 3.63) is 36.4 Å². The minimum atomic E-state index is -0.445. The molecule has 0 fully saturated rings. The Bertz CT molecular complexity index is 482. The highest BCUT2D eigenvalue weighted by Gasteiger charge is 2.15. The van der Waals surface area contributed by atoms with Gasteiger partial charge in [0.15, 0.2) is 11.5 Å². The average Bonchev–Trinajstić information content (AvgIpc) is 2.52. The maximum atomic E-state index is 11.3. The van der Waals surface area contributed by atoms with Gasteiger partial charge < -0.3 is 14.9 Å². The molecule has 0 amide bonds. The van der Waals surface area contributed by atoms with Crippen molar-refractivity contribution in [3.63, 3.8) is 0 Å². The molecule has 0 heterocycles. The fourth-order valence-corrected chi connectivity index (χ4v) is 2.38. The van der Waals surface area contributed by atoms with Gasteiger partial charge in [-0.05, 0) is 24.1 Å². The van der Waals surface area contributed by atoms with Crippen LogP contribution in [0.15, 0.2) is 30.9 Å². The number of phenols is 2. The molecule has 0 spiro atoms. The molecule has 0 aliphatic carbocycles. The van der Waals surface area contributed by atoms with Gasteiger partial charge in [-0.15, -0.1) is 0 Å². The number of carbonyl (C=O) groups is 1. The van der Waals surface area contributed by atoms with Crippen LogP contribution in [0.5, 0.6) is 11.5 Å². The molecule has 122 valence electrons. The molecule has 0 aliphatic rings. The zero-order valence-electron chi connectivity index (χ0n) is 13.3. The van der Waals surface area contributed by atoms with Crippen LogP contribution in [-0.2, 0) is 9.53 Å². The topological polar surface area (TPSA) is 66.8 Å². The molecule has 1 aromatic rings. The van der Waals surface area contributed by atoms with Gasteiger partial charge >= 0.3 is 5.97 Å². The molecule has 0 bridgehead atoms. The molecule has 1 unspecified atom stereocenters. The predicted molar refractivity (Wildman–Crippen MR) is 87.0 cm³/mol. The molecule has 1 rings (SSSR count). The second kappa shape index (κ2) is 9.87. The Morgan fingerprint density at radius 2 is 1.95 bits per heavy atom. The van der Waals surface area contributed by atoms with Crippen molar-refractivity contribution in [2.75, 3.05) is 6.61 Å². The number of carbonyl (C=O) groups excluding carboxylic acids is 1. The van der Waals surface area contributed by atoms with Gasteiger partial charge in [-0.2, -0.15) is 0 Å². The highest BCUT2D eigenvalue weighted by atomic mass is 16.5. The van der Waals surface area contributed by atoms with Crippen LogP contribution in [0.25, 0.3) is 0 Å². The van der Waals surface area contributed by atoms with E-state index in [2.05, 4.69) is 13.5 Å². The number of phenolic OH excluding ortho intramolecular Hbond substituents is 2. The van der Waals surface area contributed by atoms with E-state index in [-0.39, 0.29) is 24.0 Å². The first-order chi connectivity index (χ1) is 10.6. The smallest absolute Gasteiger partial charge is 0.330 e. The Hall–Kier alpha value is -1.97. The largest absolute Gasteiger partial charge is 0.504 e. The van der Waals surface area contributed by atoms with E-state index in [9.17, 15) is 15.0 Å². The summed E-state index contributed by atoms with van der Waals surface area (Å²) in [5.74, 6) is -0.729. The fourth-order valence-electron chi connectivity index (χ4n) is 2.38. The molecule has 4 heteroatoms. The summed E-state index contributed by atoms with van der Waals surface area (Å²) in [7, 11) is 0. The molecule has 0 aliphatic heterocycles. The van der Waals surface area contributed by atoms with Crippen molar-refractivity contribution in [3.8, 4) is 11.5 Å². The van der Waals surface area contributed by atoms with Crippen molar-refractivity contribution in [2.45, 2.75) is 51.4 Å². The zero-order chi connectivity index (χ0) is 16.4. The molecular weight excluding hydrogens is 280 g/mol. The second-order valence-electron chi connectivity index (χ2n) is 5.48. The fraction of sp³-hybridized carbons (Fsp3) is 0.500. The van der Waals surface area contributed by atoms with Gasteiger partial charge in [0.1, 0.15) is 0 Å². The third-order valence-corrected chi connectivity index (χ3v) is 3.72. The van der Waals surface area contributed by atoms with E-state index >= 15 is 0 Å². The second-order valence-corrected chi connectivity index (χ2v) is 5.48. The third kappa shape index (κ3) is 6.20. The van der Waals surface area contributed by atoms with Gasteiger partial charge in [0.05, 0.1) is 6.61 Å². The lowest BCUT2D eigenvalue weighted by molar-refractivity contribution is -0.138. The minimum Gasteiger partial charge on any atom is -0.504 e. The number of ether oxygens (including phenoxy) is 1. The van der Waals surface area contributed by atoms with Gasteiger partial charge in [0, 0.05) is 12.0 Å². The number of benzene rings is 1. The van der Waals surface area contributed by atoms with Crippen LogP contribution in [0.3, 0.4) is 0 Å².